The molecule has 0 spiro atoms. The molecule has 2 rings (SSSR count). The first-order valence-corrected chi connectivity index (χ1v) is 8.81. The lowest BCUT2D eigenvalue weighted by molar-refractivity contribution is -0.119. The van der Waals surface area contributed by atoms with E-state index in [1.165, 1.54) is 25.7 Å². The van der Waals surface area contributed by atoms with Gasteiger partial charge < -0.3 is 14.8 Å². The normalized spacial score (nSPS) is 16.3. The van der Waals surface area contributed by atoms with E-state index < -0.39 is 0 Å². The molecule has 1 aliphatic rings. The Bertz CT molecular complexity index is 501. The van der Waals surface area contributed by atoms with Crippen LogP contribution < -0.4 is 14.8 Å². The third kappa shape index (κ3) is 4.57. The molecule has 0 aromatic heterocycles. The van der Waals surface area contributed by atoms with Crippen molar-refractivity contribution >= 4 is 17.7 Å². The quantitative estimate of drug-likeness (QED) is 0.833. The average molecular weight is 323 g/mol. The van der Waals surface area contributed by atoms with Gasteiger partial charge in [-0.3, -0.25) is 4.79 Å². The number of rotatable bonds is 7. The number of ether oxygens (including phenoxy) is 2. The zero-order chi connectivity index (χ0) is 15.9. The topological polar surface area (TPSA) is 47.6 Å². The molecule has 122 valence electrons. The molecule has 4 nitrogen and oxygen atoms in total. The maximum absolute atomic E-state index is 12.1. The predicted molar refractivity (Wildman–Crippen MR) is 90.8 cm³/mol. The minimum Gasteiger partial charge on any atom is -0.497 e. The van der Waals surface area contributed by atoms with Crippen molar-refractivity contribution in [3.8, 4) is 11.5 Å². The van der Waals surface area contributed by atoms with Gasteiger partial charge in [-0.25, -0.2) is 0 Å². The number of carbonyl (C=O) groups excluding carboxylic acids is 1. The number of amides is 1. The number of benzene rings is 1. The van der Waals surface area contributed by atoms with Crippen LogP contribution in [0.4, 0.5) is 0 Å². The van der Waals surface area contributed by atoms with E-state index in [0.29, 0.717) is 11.0 Å². The van der Waals surface area contributed by atoms with Crippen molar-refractivity contribution in [2.24, 2.45) is 0 Å². The van der Waals surface area contributed by atoms with Gasteiger partial charge in [0.05, 0.1) is 26.0 Å². The number of methoxy groups -OCH3 is 2. The van der Waals surface area contributed by atoms with Crippen LogP contribution in [0.1, 0.15) is 44.2 Å². The molecule has 1 aromatic rings. The Balaban J connectivity index is 1.92. The zero-order valence-electron chi connectivity index (χ0n) is 13.6. The fraction of sp³-hybridized carbons (Fsp3) is 0.588. The van der Waals surface area contributed by atoms with Crippen LogP contribution in [-0.4, -0.2) is 31.1 Å². The zero-order valence-corrected chi connectivity index (χ0v) is 14.4. The summed E-state index contributed by atoms with van der Waals surface area (Å²) in [6, 6.07) is 5.52. The highest BCUT2D eigenvalue weighted by atomic mass is 32.2. The first-order chi connectivity index (χ1) is 10.6. The molecule has 0 bridgehead atoms. The Labute approximate surface area is 137 Å². The van der Waals surface area contributed by atoms with Gasteiger partial charge in [-0.15, -0.1) is 11.8 Å². The second-order valence-electron chi connectivity index (χ2n) is 5.61. The Morgan fingerprint density at radius 1 is 1.32 bits per heavy atom. The smallest absolute Gasteiger partial charge is 0.230 e. The Kier molecular flexibility index (Phi) is 6.43. The minimum absolute atomic E-state index is 0.0780. The number of nitrogens with one attached hydrogen (secondary N) is 1. The molecule has 22 heavy (non-hydrogen) atoms. The monoisotopic (exact) mass is 323 g/mol. The molecule has 0 radical (unpaired) electrons. The molecule has 1 N–H and O–H groups in total. The fourth-order valence-electron chi connectivity index (χ4n) is 2.79. The second kappa shape index (κ2) is 8.32. The lowest BCUT2D eigenvalue weighted by atomic mass is 10.1. The van der Waals surface area contributed by atoms with Gasteiger partial charge in [0.1, 0.15) is 11.5 Å². The third-order valence-corrected chi connectivity index (χ3v) is 5.40. The van der Waals surface area contributed by atoms with E-state index in [1.807, 2.05) is 25.1 Å². The standard InChI is InChI=1S/C17H25NO3S/c1-12(15-10-13(20-2)8-9-16(15)21-3)18-17(19)11-22-14-6-4-5-7-14/h8-10,12,14H,4-7,11H2,1-3H3,(H,18,19)/t12-/m0/s1. The highest BCUT2D eigenvalue weighted by molar-refractivity contribution is 8.00. The van der Waals surface area contributed by atoms with Crippen LogP contribution in [0.5, 0.6) is 11.5 Å². The summed E-state index contributed by atoms with van der Waals surface area (Å²) in [4.78, 5) is 12.1. The number of hydrogen-bond donors (Lipinski definition) is 1. The molecular weight excluding hydrogens is 298 g/mol. The second-order valence-corrected chi connectivity index (χ2v) is 6.90. The van der Waals surface area contributed by atoms with Gasteiger partial charge in [0, 0.05) is 10.8 Å². The molecule has 0 aliphatic heterocycles. The van der Waals surface area contributed by atoms with Gasteiger partial charge in [0.2, 0.25) is 5.91 Å². The predicted octanol–water partition coefficient (Wildman–Crippen LogP) is 3.56. The van der Waals surface area contributed by atoms with Gasteiger partial charge in [-0.2, -0.15) is 0 Å². The van der Waals surface area contributed by atoms with E-state index >= 15 is 0 Å². The molecule has 0 heterocycles. The summed E-state index contributed by atoms with van der Waals surface area (Å²) >= 11 is 1.78. The van der Waals surface area contributed by atoms with Crippen LogP contribution in [0, 0.1) is 0 Å². The highest BCUT2D eigenvalue weighted by Crippen LogP contribution is 2.31. The lowest BCUT2D eigenvalue weighted by Crippen LogP contribution is -2.29. The Morgan fingerprint density at radius 3 is 2.68 bits per heavy atom. The molecule has 1 fully saturated rings. The van der Waals surface area contributed by atoms with Crippen LogP contribution in [0.2, 0.25) is 0 Å². The molecule has 1 aromatic carbocycles. The van der Waals surface area contributed by atoms with Crippen molar-refractivity contribution in [2.75, 3.05) is 20.0 Å². The van der Waals surface area contributed by atoms with Crippen molar-refractivity contribution in [1.29, 1.82) is 0 Å². The van der Waals surface area contributed by atoms with Gasteiger partial charge >= 0.3 is 0 Å². The van der Waals surface area contributed by atoms with E-state index in [2.05, 4.69) is 5.32 Å². The molecule has 5 heteroatoms. The van der Waals surface area contributed by atoms with Gasteiger partial charge in [-0.05, 0) is 38.0 Å². The number of thioether (sulfide) groups is 1. The van der Waals surface area contributed by atoms with Crippen molar-refractivity contribution in [2.45, 2.75) is 43.9 Å². The van der Waals surface area contributed by atoms with Crippen LogP contribution in [-0.2, 0) is 4.79 Å². The number of hydrogen-bond acceptors (Lipinski definition) is 4. The Morgan fingerprint density at radius 2 is 2.05 bits per heavy atom. The van der Waals surface area contributed by atoms with Crippen molar-refractivity contribution < 1.29 is 14.3 Å². The molecule has 1 atom stereocenters. The molecule has 0 saturated heterocycles. The minimum atomic E-state index is -0.110. The molecular formula is C17H25NO3S. The van der Waals surface area contributed by atoms with E-state index in [0.717, 1.165) is 17.1 Å². The average Bonchev–Trinajstić information content (AvgIpc) is 3.05. The van der Waals surface area contributed by atoms with E-state index in [1.54, 1.807) is 26.0 Å². The third-order valence-electron chi connectivity index (χ3n) is 4.03. The van der Waals surface area contributed by atoms with Crippen molar-refractivity contribution in [3.05, 3.63) is 23.8 Å². The lowest BCUT2D eigenvalue weighted by Gasteiger charge is -2.18. The summed E-state index contributed by atoms with van der Waals surface area (Å²) in [7, 11) is 3.27. The summed E-state index contributed by atoms with van der Waals surface area (Å²) in [6.45, 7) is 1.97. The van der Waals surface area contributed by atoms with Crippen LogP contribution in [0.15, 0.2) is 18.2 Å². The van der Waals surface area contributed by atoms with E-state index in [-0.39, 0.29) is 11.9 Å². The molecule has 1 aliphatic carbocycles. The summed E-state index contributed by atoms with van der Waals surface area (Å²) in [5, 5.41) is 3.71. The van der Waals surface area contributed by atoms with E-state index in [9.17, 15) is 4.79 Å². The SMILES string of the molecule is COc1ccc(OC)c([C@H](C)NC(=O)CSC2CCCC2)c1. The first-order valence-electron chi connectivity index (χ1n) is 7.77. The maximum Gasteiger partial charge on any atom is 0.230 e. The van der Waals surface area contributed by atoms with Crippen LogP contribution in [0.25, 0.3) is 0 Å². The van der Waals surface area contributed by atoms with Crippen molar-refractivity contribution in [1.82, 2.24) is 5.32 Å². The molecule has 1 amide bonds. The van der Waals surface area contributed by atoms with Crippen molar-refractivity contribution in [3.63, 3.8) is 0 Å². The summed E-state index contributed by atoms with van der Waals surface area (Å²) in [6.07, 6.45) is 5.10. The van der Waals surface area contributed by atoms with Crippen LogP contribution in [0.3, 0.4) is 0 Å². The van der Waals surface area contributed by atoms with Gasteiger partial charge in [-0.1, -0.05) is 12.8 Å². The summed E-state index contributed by atoms with van der Waals surface area (Å²) < 4.78 is 10.6. The fourth-order valence-corrected chi connectivity index (χ4v) is 3.92. The Hall–Kier alpha value is -1.36. The maximum atomic E-state index is 12.1. The van der Waals surface area contributed by atoms with Gasteiger partial charge in [0.25, 0.3) is 0 Å². The summed E-state index contributed by atoms with van der Waals surface area (Å²) in [5.41, 5.74) is 0.932. The molecule has 0 unspecified atom stereocenters. The number of carbonyl (C=O) groups is 1. The summed E-state index contributed by atoms with van der Waals surface area (Å²) in [5.74, 6) is 2.13. The largest absolute Gasteiger partial charge is 0.497 e. The van der Waals surface area contributed by atoms with E-state index in [4.69, 9.17) is 9.47 Å². The first kappa shape index (κ1) is 17.0. The molecule has 1 saturated carbocycles. The van der Waals surface area contributed by atoms with Crippen LogP contribution >= 0.6 is 11.8 Å². The van der Waals surface area contributed by atoms with Gasteiger partial charge in [0.15, 0.2) is 0 Å². The highest BCUT2D eigenvalue weighted by Gasteiger charge is 2.19.